The van der Waals surface area contributed by atoms with E-state index in [1.165, 1.54) is 18.2 Å². The van der Waals surface area contributed by atoms with E-state index in [9.17, 15) is 22.8 Å². The molecule has 2 aromatic rings. The molecule has 0 saturated heterocycles. The minimum atomic E-state index is -4.48. The molecule has 0 aliphatic rings. The van der Waals surface area contributed by atoms with Crippen molar-refractivity contribution in [1.82, 2.24) is 0 Å². The first kappa shape index (κ1) is 27.1. The van der Waals surface area contributed by atoms with E-state index in [4.69, 9.17) is 18.9 Å². The van der Waals surface area contributed by atoms with Gasteiger partial charge in [-0.05, 0) is 51.1 Å². The SMILES string of the molecule is CC(C)(C)OC(=O)COCCOCCOC(=O)c1ccccc1Nc1cccc(C(F)(F)F)c1. The summed E-state index contributed by atoms with van der Waals surface area (Å²) < 4.78 is 59.5. The molecule has 186 valence electrons. The van der Waals surface area contributed by atoms with Crippen molar-refractivity contribution in [1.29, 1.82) is 0 Å². The Morgan fingerprint density at radius 1 is 0.882 bits per heavy atom. The van der Waals surface area contributed by atoms with Crippen molar-refractivity contribution < 1.29 is 41.7 Å². The maximum Gasteiger partial charge on any atom is 0.416 e. The van der Waals surface area contributed by atoms with Gasteiger partial charge in [0.25, 0.3) is 0 Å². The number of halogens is 3. The van der Waals surface area contributed by atoms with Crippen molar-refractivity contribution in [3.63, 3.8) is 0 Å². The van der Waals surface area contributed by atoms with Crippen molar-refractivity contribution in [2.24, 2.45) is 0 Å². The third kappa shape index (κ3) is 9.80. The summed E-state index contributed by atoms with van der Waals surface area (Å²) in [4.78, 5) is 23.9. The molecule has 0 atom stereocenters. The topological polar surface area (TPSA) is 83.1 Å². The van der Waals surface area contributed by atoms with Gasteiger partial charge in [-0.2, -0.15) is 13.2 Å². The third-order valence-electron chi connectivity index (χ3n) is 4.09. The number of anilines is 2. The van der Waals surface area contributed by atoms with Gasteiger partial charge in [-0.3, -0.25) is 0 Å². The molecule has 34 heavy (non-hydrogen) atoms. The van der Waals surface area contributed by atoms with Crippen molar-refractivity contribution >= 4 is 23.3 Å². The summed E-state index contributed by atoms with van der Waals surface area (Å²) >= 11 is 0. The Morgan fingerprint density at radius 2 is 1.56 bits per heavy atom. The second-order valence-corrected chi connectivity index (χ2v) is 8.14. The van der Waals surface area contributed by atoms with Crippen LogP contribution in [0, 0.1) is 0 Å². The lowest BCUT2D eigenvalue weighted by Crippen LogP contribution is -2.27. The summed E-state index contributed by atoms with van der Waals surface area (Å²) in [5.41, 5.74) is -0.722. The molecule has 10 heteroatoms. The van der Waals surface area contributed by atoms with E-state index in [-0.39, 0.29) is 44.3 Å². The summed E-state index contributed by atoms with van der Waals surface area (Å²) in [6, 6.07) is 11.0. The molecule has 0 amide bonds. The van der Waals surface area contributed by atoms with Crippen molar-refractivity contribution in [2.45, 2.75) is 32.5 Å². The lowest BCUT2D eigenvalue weighted by Gasteiger charge is -2.19. The minimum Gasteiger partial charge on any atom is -0.460 e. The zero-order chi connectivity index (χ0) is 25.2. The number of nitrogens with one attached hydrogen (secondary N) is 1. The summed E-state index contributed by atoms with van der Waals surface area (Å²) in [5, 5.41) is 2.83. The smallest absolute Gasteiger partial charge is 0.416 e. The Hall–Kier alpha value is -3.11. The highest BCUT2D eigenvalue weighted by Crippen LogP contribution is 2.32. The van der Waals surface area contributed by atoms with E-state index in [1.807, 2.05) is 0 Å². The number of ether oxygens (including phenoxy) is 4. The fourth-order valence-electron chi connectivity index (χ4n) is 2.72. The summed E-state index contributed by atoms with van der Waals surface area (Å²) in [6.45, 7) is 5.50. The van der Waals surface area contributed by atoms with Crippen LogP contribution in [0.4, 0.5) is 24.5 Å². The standard InChI is InChI=1S/C24H28F3NO6/c1-23(2,3)34-21(29)16-32-12-11-31-13-14-33-22(30)19-9-4-5-10-20(19)28-18-8-6-7-17(15-18)24(25,26)27/h4-10,15,28H,11-14,16H2,1-3H3. The molecule has 0 spiro atoms. The molecule has 0 saturated carbocycles. The van der Waals surface area contributed by atoms with Crippen LogP contribution in [0.15, 0.2) is 48.5 Å². The highest BCUT2D eigenvalue weighted by molar-refractivity contribution is 5.96. The predicted octanol–water partition coefficient (Wildman–Crippen LogP) is 4.98. The second kappa shape index (κ2) is 12.4. The molecule has 2 aromatic carbocycles. The number of para-hydroxylation sites is 1. The van der Waals surface area contributed by atoms with Gasteiger partial charge in [-0.1, -0.05) is 18.2 Å². The molecule has 0 unspecified atom stereocenters. The fourth-order valence-corrected chi connectivity index (χ4v) is 2.72. The summed E-state index contributed by atoms with van der Waals surface area (Å²) in [7, 11) is 0. The Morgan fingerprint density at radius 3 is 2.26 bits per heavy atom. The number of esters is 2. The van der Waals surface area contributed by atoms with Gasteiger partial charge in [0.05, 0.1) is 36.6 Å². The normalized spacial score (nSPS) is 11.7. The number of alkyl halides is 3. The monoisotopic (exact) mass is 483 g/mol. The largest absolute Gasteiger partial charge is 0.460 e. The zero-order valence-electron chi connectivity index (χ0n) is 19.2. The predicted molar refractivity (Wildman–Crippen MR) is 119 cm³/mol. The Kier molecular flexibility index (Phi) is 9.88. The van der Waals surface area contributed by atoms with Crippen molar-refractivity contribution in [2.75, 3.05) is 38.4 Å². The molecule has 2 rings (SSSR count). The van der Waals surface area contributed by atoms with Gasteiger partial charge >= 0.3 is 18.1 Å². The van der Waals surface area contributed by atoms with Gasteiger partial charge in [0.2, 0.25) is 0 Å². The highest BCUT2D eigenvalue weighted by atomic mass is 19.4. The van der Waals surface area contributed by atoms with Gasteiger partial charge in [0.1, 0.15) is 18.8 Å². The highest BCUT2D eigenvalue weighted by Gasteiger charge is 2.30. The maximum atomic E-state index is 12.9. The van der Waals surface area contributed by atoms with E-state index >= 15 is 0 Å². The number of hydrogen-bond donors (Lipinski definition) is 1. The fraction of sp³-hybridized carbons (Fsp3) is 0.417. The van der Waals surface area contributed by atoms with Gasteiger partial charge in [0, 0.05) is 5.69 Å². The molecular weight excluding hydrogens is 455 g/mol. The quantitative estimate of drug-likeness (QED) is 0.357. The van der Waals surface area contributed by atoms with E-state index in [1.54, 1.807) is 39.0 Å². The number of carbonyl (C=O) groups is 2. The molecule has 0 aliphatic heterocycles. The van der Waals surface area contributed by atoms with Crippen LogP contribution in [-0.4, -0.2) is 50.6 Å². The van der Waals surface area contributed by atoms with E-state index in [0.717, 1.165) is 12.1 Å². The first-order chi connectivity index (χ1) is 16.0. The van der Waals surface area contributed by atoms with Crippen LogP contribution in [0.1, 0.15) is 36.7 Å². The molecule has 0 radical (unpaired) electrons. The van der Waals surface area contributed by atoms with Crippen molar-refractivity contribution in [3.8, 4) is 0 Å². The van der Waals surface area contributed by atoms with Crippen LogP contribution in [0.3, 0.4) is 0 Å². The van der Waals surface area contributed by atoms with E-state index < -0.39 is 29.3 Å². The van der Waals surface area contributed by atoms with Crippen LogP contribution >= 0.6 is 0 Å². The van der Waals surface area contributed by atoms with E-state index in [2.05, 4.69) is 5.32 Å². The van der Waals surface area contributed by atoms with Crippen LogP contribution in [0.5, 0.6) is 0 Å². The van der Waals surface area contributed by atoms with E-state index in [0.29, 0.717) is 5.69 Å². The summed E-state index contributed by atoms with van der Waals surface area (Å²) in [5.74, 6) is -1.13. The minimum absolute atomic E-state index is 0.0389. The Balaban J connectivity index is 1.76. The number of rotatable bonds is 11. The summed E-state index contributed by atoms with van der Waals surface area (Å²) in [6.07, 6.45) is -4.48. The Bertz CT molecular complexity index is 956. The van der Waals surface area contributed by atoms with Crippen LogP contribution in [-0.2, 0) is 29.9 Å². The zero-order valence-corrected chi connectivity index (χ0v) is 19.2. The maximum absolute atomic E-state index is 12.9. The molecule has 0 fully saturated rings. The molecule has 1 N–H and O–H groups in total. The van der Waals surface area contributed by atoms with Gasteiger partial charge in [-0.15, -0.1) is 0 Å². The van der Waals surface area contributed by atoms with Crippen LogP contribution in [0.25, 0.3) is 0 Å². The van der Waals surface area contributed by atoms with Crippen molar-refractivity contribution in [3.05, 3.63) is 59.7 Å². The number of benzene rings is 2. The van der Waals surface area contributed by atoms with Crippen LogP contribution < -0.4 is 5.32 Å². The molecule has 0 heterocycles. The first-order valence-electron chi connectivity index (χ1n) is 10.5. The lowest BCUT2D eigenvalue weighted by molar-refractivity contribution is -0.160. The molecule has 0 bridgehead atoms. The van der Waals surface area contributed by atoms with Gasteiger partial charge in [0.15, 0.2) is 0 Å². The Labute approximate surface area is 196 Å². The second-order valence-electron chi connectivity index (χ2n) is 8.14. The van der Waals surface area contributed by atoms with Crippen LogP contribution in [0.2, 0.25) is 0 Å². The molecule has 0 aliphatic carbocycles. The molecule has 7 nitrogen and oxygen atoms in total. The van der Waals surface area contributed by atoms with Gasteiger partial charge in [-0.25, -0.2) is 9.59 Å². The third-order valence-corrected chi connectivity index (χ3v) is 4.09. The lowest BCUT2D eigenvalue weighted by atomic mass is 10.1. The average Bonchev–Trinajstić information content (AvgIpc) is 2.74. The average molecular weight is 483 g/mol. The van der Waals surface area contributed by atoms with Gasteiger partial charge < -0.3 is 24.3 Å². The number of hydrogen-bond acceptors (Lipinski definition) is 7. The first-order valence-corrected chi connectivity index (χ1v) is 10.5. The molecule has 0 aromatic heterocycles. The number of carbonyl (C=O) groups excluding carboxylic acids is 2. The molecular formula is C24H28F3NO6.